The van der Waals surface area contributed by atoms with Crippen LogP contribution < -0.4 is 5.32 Å². The van der Waals surface area contributed by atoms with E-state index in [2.05, 4.69) is 41.7 Å². The van der Waals surface area contributed by atoms with Crippen molar-refractivity contribution in [3.63, 3.8) is 0 Å². The summed E-state index contributed by atoms with van der Waals surface area (Å²) in [4.78, 5) is 17.1. The van der Waals surface area contributed by atoms with Crippen molar-refractivity contribution in [2.75, 3.05) is 5.32 Å². The third-order valence-corrected chi connectivity index (χ3v) is 4.71. The summed E-state index contributed by atoms with van der Waals surface area (Å²) >= 11 is 0. The average molecular weight is 329 g/mol. The fraction of sp³-hybridized carbons (Fsp3) is 0.579. The number of amides is 1. The summed E-state index contributed by atoms with van der Waals surface area (Å²) in [6.45, 7) is 10.1. The van der Waals surface area contributed by atoms with Crippen molar-refractivity contribution in [2.24, 2.45) is 5.92 Å². The Kier molecular flexibility index (Phi) is 3.95. The van der Waals surface area contributed by atoms with E-state index in [9.17, 15) is 9.90 Å². The molecular weight excluding hydrogens is 302 g/mol. The van der Waals surface area contributed by atoms with Crippen LogP contribution in [0.5, 0.6) is 0 Å². The highest BCUT2D eigenvalue weighted by molar-refractivity contribution is 5.92. The third kappa shape index (κ3) is 3.31. The molecule has 1 aliphatic rings. The minimum Gasteiger partial charge on any atom is -0.389 e. The standard InChI is InChI=1S/C19H27N3O2/c1-12-6-9-14-15(10-12)22(18(2,3)4)17(20-14)21-16(23)11-19(5,24)13-7-8-13/h6,9-10,13,24H,7-8,11H2,1-5H3,(H,20,21,23)/t19-/m0/s1. The number of nitrogens with zero attached hydrogens (tertiary/aromatic N) is 2. The molecule has 1 aromatic heterocycles. The lowest BCUT2D eigenvalue weighted by atomic mass is 9.96. The minimum absolute atomic E-state index is 0.101. The first-order chi connectivity index (χ1) is 11.1. The summed E-state index contributed by atoms with van der Waals surface area (Å²) in [7, 11) is 0. The molecule has 1 heterocycles. The molecular formula is C19H27N3O2. The number of hydrogen-bond donors (Lipinski definition) is 2. The van der Waals surface area contributed by atoms with E-state index in [1.54, 1.807) is 6.92 Å². The van der Waals surface area contributed by atoms with Crippen LogP contribution in [0.25, 0.3) is 11.0 Å². The van der Waals surface area contributed by atoms with Crippen LogP contribution >= 0.6 is 0 Å². The number of carbonyl (C=O) groups is 1. The highest BCUT2D eigenvalue weighted by Gasteiger charge is 2.41. The Labute approximate surface area is 143 Å². The predicted octanol–water partition coefficient (Wildman–Crippen LogP) is 3.59. The predicted molar refractivity (Wildman–Crippen MR) is 96.1 cm³/mol. The molecule has 0 unspecified atom stereocenters. The Morgan fingerprint density at radius 3 is 2.58 bits per heavy atom. The fourth-order valence-electron chi connectivity index (χ4n) is 3.29. The molecule has 0 bridgehead atoms. The molecule has 24 heavy (non-hydrogen) atoms. The van der Waals surface area contributed by atoms with Gasteiger partial charge in [0, 0.05) is 5.54 Å². The topological polar surface area (TPSA) is 67.2 Å². The summed E-state index contributed by atoms with van der Waals surface area (Å²) in [6.07, 6.45) is 2.10. The largest absolute Gasteiger partial charge is 0.389 e. The van der Waals surface area contributed by atoms with Gasteiger partial charge in [0.1, 0.15) is 0 Å². The van der Waals surface area contributed by atoms with Crippen molar-refractivity contribution in [2.45, 2.75) is 65.0 Å². The van der Waals surface area contributed by atoms with Gasteiger partial charge in [0.2, 0.25) is 11.9 Å². The minimum atomic E-state index is -0.931. The van der Waals surface area contributed by atoms with Gasteiger partial charge in [-0.3, -0.25) is 10.1 Å². The highest BCUT2D eigenvalue weighted by Crippen LogP contribution is 2.41. The average Bonchev–Trinajstić information content (AvgIpc) is 3.20. The molecule has 1 aliphatic carbocycles. The molecule has 2 N–H and O–H groups in total. The normalized spacial score (nSPS) is 17.8. The molecule has 5 heteroatoms. The van der Waals surface area contributed by atoms with Crippen LogP contribution in [0.1, 0.15) is 52.5 Å². The molecule has 5 nitrogen and oxygen atoms in total. The second-order valence-electron chi connectivity index (χ2n) is 8.29. The molecule has 2 aromatic rings. The number of rotatable bonds is 4. The van der Waals surface area contributed by atoms with Crippen molar-refractivity contribution >= 4 is 22.9 Å². The lowest BCUT2D eigenvalue weighted by Crippen LogP contribution is -2.34. The number of benzene rings is 1. The van der Waals surface area contributed by atoms with Gasteiger partial charge in [-0.2, -0.15) is 0 Å². The second-order valence-corrected chi connectivity index (χ2v) is 8.29. The Balaban J connectivity index is 1.92. The zero-order valence-electron chi connectivity index (χ0n) is 15.2. The quantitative estimate of drug-likeness (QED) is 0.901. The van der Waals surface area contributed by atoms with E-state index in [-0.39, 0.29) is 23.8 Å². The van der Waals surface area contributed by atoms with Crippen LogP contribution in [0.2, 0.25) is 0 Å². The van der Waals surface area contributed by atoms with Gasteiger partial charge in [-0.15, -0.1) is 0 Å². The van der Waals surface area contributed by atoms with Gasteiger partial charge in [-0.05, 0) is 71.1 Å². The summed E-state index contributed by atoms with van der Waals surface area (Å²) in [5, 5.41) is 13.3. The maximum absolute atomic E-state index is 12.5. The number of carbonyl (C=O) groups excluding carboxylic acids is 1. The fourth-order valence-corrected chi connectivity index (χ4v) is 3.29. The summed E-state index contributed by atoms with van der Waals surface area (Å²) in [5.41, 5.74) is 1.87. The van der Waals surface area contributed by atoms with E-state index in [1.165, 1.54) is 0 Å². The van der Waals surface area contributed by atoms with E-state index in [0.717, 1.165) is 29.4 Å². The third-order valence-electron chi connectivity index (χ3n) is 4.71. The number of aromatic nitrogens is 2. The Morgan fingerprint density at radius 2 is 2.00 bits per heavy atom. The lowest BCUT2D eigenvalue weighted by molar-refractivity contribution is -0.121. The number of hydrogen-bond acceptors (Lipinski definition) is 3. The smallest absolute Gasteiger partial charge is 0.229 e. The molecule has 0 aliphatic heterocycles. The highest BCUT2D eigenvalue weighted by atomic mass is 16.3. The monoisotopic (exact) mass is 329 g/mol. The van der Waals surface area contributed by atoms with E-state index < -0.39 is 5.60 Å². The first-order valence-electron chi connectivity index (χ1n) is 8.60. The first-order valence-corrected chi connectivity index (χ1v) is 8.60. The lowest BCUT2D eigenvalue weighted by Gasteiger charge is -2.26. The van der Waals surface area contributed by atoms with Crippen LogP contribution in [-0.2, 0) is 10.3 Å². The van der Waals surface area contributed by atoms with E-state index in [4.69, 9.17) is 0 Å². The van der Waals surface area contributed by atoms with Crippen molar-refractivity contribution in [1.29, 1.82) is 0 Å². The number of fused-ring (bicyclic) bond motifs is 1. The van der Waals surface area contributed by atoms with Gasteiger partial charge >= 0.3 is 0 Å². The zero-order valence-corrected chi connectivity index (χ0v) is 15.2. The van der Waals surface area contributed by atoms with Crippen molar-refractivity contribution < 1.29 is 9.90 Å². The van der Waals surface area contributed by atoms with Crippen molar-refractivity contribution in [3.8, 4) is 0 Å². The molecule has 0 spiro atoms. The second kappa shape index (κ2) is 5.59. The number of aryl methyl sites for hydroxylation is 1. The van der Waals surface area contributed by atoms with E-state index in [0.29, 0.717) is 5.95 Å². The van der Waals surface area contributed by atoms with Gasteiger partial charge in [0.15, 0.2) is 0 Å². The molecule has 0 radical (unpaired) electrons. The number of anilines is 1. The van der Waals surface area contributed by atoms with Crippen LogP contribution in [-0.4, -0.2) is 26.2 Å². The molecule has 1 amide bonds. The maximum atomic E-state index is 12.5. The van der Waals surface area contributed by atoms with Gasteiger partial charge in [0.25, 0.3) is 0 Å². The molecule has 1 saturated carbocycles. The number of nitrogens with one attached hydrogen (secondary N) is 1. The van der Waals surface area contributed by atoms with Gasteiger partial charge in [-0.25, -0.2) is 4.98 Å². The SMILES string of the molecule is Cc1ccc2nc(NC(=O)C[C@](C)(O)C3CC3)n(C(C)(C)C)c2c1. The zero-order chi connectivity index (χ0) is 17.7. The van der Waals surface area contributed by atoms with Crippen LogP contribution in [0.15, 0.2) is 18.2 Å². The first kappa shape index (κ1) is 17.0. The van der Waals surface area contributed by atoms with Crippen molar-refractivity contribution in [3.05, 3.63) is 23.8 Å². The van der Waals surface area contributed by atoms with Gasteiger partial charge in [-0.1, -0.05) is 6.07 Å². The molecule has 1 aromatic carbocycles. The van der Waals surface area contributed by atoms with Crippen molar-refractivity contribution in [1.82, 2.24) is 9.55 Å². The summed E-state index contributed by atoms with van der Waals surface area (Å²) in [6, 6.07) is 6.08. The van der Waals surface area contributed by atoms with E-state index >= 15 is 0 Å². The Bertz CT molecular complexity index is 780. The number of imidazole rings is 1. The summed E-state index contributed by atoms with van der Waals surface area (Å²) < 4.78 is 2.05. The van der Waals surface area contributed by atoms with Crippen LogP contribution in [0.4, 0.5) is 5.95 Å². The van der Waals surface area contributed by atoms with E-state index in [1.807, 2.05) is 19.1 Å². The molecule has 130 valence electrons. The molecule has 0 saturated heterocycles. The summed E-state index contributed by atoms with van der Waals surface area (Å²) in [5.74, 6) is 0.594. The molecule has 1 fully saturated rings. The van der Waals surface area contributed by atoms with Crippen LogP contribution in [0, 0.1) is 12.8 Å². The molecule has 3 rings (SSSR count). The van der Waals surface area contributed by atoms with Gasteiger partial charge < -0.3 is 9.67 Å². The van der Waals surface area contributed by atoms with Crippen LogP contribution in [0.3, 0.4) is 0 Å². The Morgan fingerprint density at radius 1 is 1.33 bits per heavy atom. The number of aliphatic hydroxyl groups is 1. The maximum Gasteiger partial charge on any atom is 0.229 e. The molecule has 1 atom stereocenters. The van der Waals surface area contributed by atoms with Gasteiger partial charge in [0.05, 0.1) is 23.1 Å². The Hall–Kier alpha value is -1.88.